The number of amides is 1. The van der Waals surface area contributed by atoms with E-state index in [0.29, 0.717) is 5.75 Å². The lowest BCUT2D eigenvalue weighted by Gasteiger charge is -2.09. The summed E-state index contributed by atoms with van der Waals surface area (Å²) >= 11 is 1.52. The lowest BCUT2D eigenvalue weighted by molar-refractivity contribution is -0.122. The van der Waals surface area contributed by atoms with Crippen molar-refractivity contribution >= 4 is 17.7 Å². The lowest BCUT2D eigenvalue weighted by atomic mass is 10.3. The second-order valence-corrected chi connectivity index (χ2v) is 2.99. The Bertz CT molecular complexity index is 121. The summed E-state index contributed by atoms with van der Waals surface area (Å²) in [7, 11) is 0. The van der Waals surface area contributed by atoms with Gasteiger partial charge in [0.2, 0.25) is 5.91 Å². The molecule has 0 saturated carbocycles. The summed E-state index contributed by atoms with van der Waals surface area (Å²) in [6.45, 7) is 0.235. The first-order chi connectivity index (χ1) is 5.22. The van der Waals surface area contributed by atoms with Crippen molar-refractivity contribution in [2.75, 3.05) is 25.2 Å². The van der Waals surface area contributed by atoms with Crippen LogP contribution in [0, 0.1) is 0 Å². The molecule has 0 aromatic carbocycles. The Kier molecular flexibility index (Phi) is 6.30. The summed E-state index contributed by atoms with van der Waals surface area (Å²) < 4.78 is 0. The number of carbonyl (C=O) groups is 1. The highest BCUT2D eigenvalue weighted by molar-refractivity contribution is 7.98. The average Bonchev–Trinajstić information content (AvgIpc) is 2.00. The number of hydrogen-bond donors (Lipinski definition) is 3. The van der Waals surface area contributed by atoms with Crippen LogP contribution in [0.1, 0.15) is 0 Å². The average molecular weight is 178 g/mol. The summed E-state index contributed by atoms with van der Waals surface area (Å²) in [5, 5.41) is 10.9. The van der Waals surface area contributed by atoms with E-state index < -0.39 is 6.04 Å². The van der Waals surface area contributed by atoms with E-state index in [9.17, 15) is 4.79 Å². The van der Waals surface area contributed by atoms with Gasteiger partial charge in [0.25, 0.3) is 0 Å². The molecule has 0 spiro atoms. The molecule has 0 aromatic rings. The molecule has 4 N–H and O–H groups in total. The number of aliphatic hydroxyl groups is 1. The van der Waals surface area contributed by atoms with Gasteiger partial charge in [0.15, 0.2) is 0 Å². The van der Waals surface area contributed by atoms with E-state index in [4.69, 9.17) is 10.8 Å². The summed E-state index contributed by atoms with van der Waals surface area (Å²) in [4.78, 5) is 10.9. The molecule has 0 aromatic heterocycles. The molecule has 4 nitrogen and oxygen atoms in total. The minimum Gasteiger partial charge on any atom is -0.395 e. The molecule has 5 heteroatoms. The fourth-order valence-corrected chi connectivity index (χ4v) is 1.08. The van der Waals surface area contributed by atoms with E-state index in [1.807, 2.05) is 6.26 Å². The summed E-state index contributed by atoms with van der Waals surface area (Å²) in [5.41, 5.74) is 5.45. The monoisotopic (exact) mass is 178 g/mol. The topological polar surface area (TPSA) is 75.4 Å². The molecular weight excluding hydrogens is 164 g/mol. The molecule has 0 fully saturated rings. The number of rotatable bonds is 5. The second-order valence-electron chi connectivity index (χ2n) is 2.08. The fraction of sp³-hybridized carbons (Fsp3) is 0.833. The normalized spacial score (nSPS) is 12.6. The third-order valence-corrected chi connectivity index (χ3v) is 1.79. The molecule has 66 valence electrons. The second kappa shape index (κ2) is 6.45. The van der Waals surface area contributed by atoms with Gasteiger partial charge in [-0.15, -0.1) is 0 Å². The molecule has 11 heavy (non-hydrogen) atoms. The SMILES string of the molecule is CSCC(N)C(=O)NCCO. The maximum Gasteiger partial charge on any atom is 0.237 e. The molecule has 0 rings (SSSR count). The fourth-order valence-electron chi connectivity index (χ4n) is 0.565. The Morgan fingerprint density at radius 1 is 1.82 bits per heavy atom. The standard InChI is InChI=1S/C6H14N2O2S/c1-11-4-5(7)6(10)8-2-3-9/h5,9H,2-4,7H2,1H3,(H,8,10). The van der Waals surface area contributed by atoms with Crippen LogP contribution in [0.4, 0.5) is 0 Å². The molecule has 1 unspecified atom stereocenters. The number of nitrogens with one attached hydrogen (secondary N) is 1. The molecule has 0 radical (unpaired) electrons. The van der Waals surface area contributed by atoms with Crippen LogP contribution in [0.2, 0.25) is 0 Å². The molecule has 0 aliphatic carbocycles. The van der Waals surface area contributed by atoms with E-state index in [-0.39, 0.29) is 19.1 Å². The van der Waals surface area contributed by atoms with E-state index in [1.165, 1.54) is 11.8 Å². The highest BCUT2D eigenvalue weighted by Crippen LogP contribution is 1.93. The number of aliphatic hydroxyl groups excluding tert-OH is 1. The largest absolute Gasteiger partial charge is 0.395 e. The Labute approximate surface area is 70.5 Å². The number of hydrogen-bond acceptors (Lipinski definition) is 4. The Balaban J connectivity index is 3.47. The summed E-state index contributed by atoms with van der Waals surface area (Å²) in [6.07, 6.45) is 1.89. The highest BCUT2D eigenvalue weighted by Gasteiger charge is 2.10. The maximum atomic E-state index is 10.9. The number of thioether (sulfide) groups is 1. The van der Waals surface area contributed by atoms with Gasteiger partial charge in [0.05, 0.1) is 12.6 Å². The van der Waals surface area contributed by atoms with Crippen molar-refractivity contribution < 1.29 is 9.90 Å². The van der Waals surface area contributed by atoms with Gasteiger partial charge in [-0.2, -0.15) is 11.8 Å². The first kappa shape index (κ1) is 10.7. The van der Waals surface area contributed by atoms with E-state index in [1.54, 1.807) is 0 Å². The van der Waals surface area contributed by atoms with Gasteiger partial charge in [-0.05, 0) is 6.26 Å². The summed E-state index contributed by atoms with van der Waals surface area (Å²) in [6, 6.07) is -0.462. The molecule has 0 aliphatic rings. The maximum absolute atomic E-state index is 10.9. The molecule has 1 amide bonds. The Morgan fingerprint density at radius 3 is 2.91 bits per heavy atom. The van der Waals surface area contributed by atoms with Crippen LogP contribution >= 0.6 is 11.8 Å². The van der Waals surface area contributed by atoms with Crippen molar-refractivity contribution in [1.29, 1.82) is 0 Å². The van der Waals surface area contributed by atoms with Gasteiger partial charge in [-0.1, -0.05) is 0 Å². The first-order valence-electron chi connectivity index (χ1n) is 3.35. The van der Waals surface area contributed by atoms with Gasteiger partial charge < -0.3 is 16.2 Å². The predicted molar refractivity (Wildman–Crippen MR) is 46.5 cm³/mol. The predicted octanol–water partition coefficient (Wildman–Crippen LogP) is -1.21. The van der Waals surface area contributed by atoms with E-state index in [0.717, 1.165) is 0 Å². The van der Waals surface area contributed by atoms with E-state index in [2.05, 4.69) is 5.32 Å². The molecular formula is C6H14N2O2S. The van der Waals surface area contributed by atoms with Gasteiger partial charge >= 0.3 is 0 Å². The third kappa shape index (κ3) is 5.06. The number of nitrogens with two attached hydrogens (primary N) is 1. The Hall–Kier alpha value is -0.260. The van der Waals surface area contributed by atoms with Crippen LogP contribution in [0.5, 0.6) is 0 Å². The smallest absolute Gasteiger partial charge is 0.237 e. The van der Waals surface area contributed by atoms with Crippen molar-refractivity contribution in [2.45, 2.75) is 6.04 Å². The lowest BCUT2D eigenvalue weighted by Crippen LogP contribution is -2.43. The molecule has 0 aliphatic heterocycles. The quantitative estimate of drug-likeness (QED) is 0.493. The molecule has 0 heterocycles. The van der Waals surface area contributed by atoms with Crippen molar-refractivity contribution in [3.63, 3.8) is 0 Å². The zero-order valence-corrected chi connectivity index (χ0v) is 7.36. The van der Waals surface area contributed by atoms with E-state index >= 15 is 0 Å². The highest BCUT2D eigenvalue weighted by atomic mass is 32.2. The molecule has 0 bridgehead atoms. The number of carbonyl (C=O) groups excluding carboxylic acids is 1. The molecule has 0 saturated heterocycles. The molecule has 1 atom stereocenters. The van der Waals surface area contributed by atoms with Gasteiger partial charge in [-0.25, -0.2) is 0 Å². The summed E-state index contributed by atoms with van der Waals surface area (Å²) in [5.74, 6) is 0.408. The van der Waals surface area contributed by atoms with Crippen LogP contribution in [0.3, 0.4) is 0 Å². The van der Waals surface area contributed by atoms with Crippen molar-refractivity contribution in [3.8, 4) is 0 Å². The van der Waals surface area contributed by atoms with Crippen molar-refractivity contribution in [2.24, 2.45) is 5.73 Å². The van der Waals surface area contributed by atoms with Crippen molar-refractivity contribution in [3.05, 3.63) is 0 Å². The first-order valence-corrected chi connectivity index (χ1v) is 4.74. The van der Waals surface area contributed by atoms with Crippen LogP contribution in [0.25, 0.3) is 0 Å². The Morgan fingerprint density at radius 2 is 2.45 bits per heavy atom. The van der Waals surface area contributed by atoms with Crippen LogP contribution in [-0.2, 0) is 4.79 Å². The zero-order chi connectivity index (χ0) is 8.69. The van der Waals surface area contributed by atoms with Gasteiger partial charge in [0.1, 0.15) is 0 Å². The van der Waals surface area contributed by atoms with Crippen LogP contribution in [0.15, 0.2) is 0 Å². The van der Waals surface area contributed by atoms with Crippen molar-refractivity contribution in [1.82, 2.24) is 5.32 Å². The van der Waals surface area contributed by atoms with Crippen LogP contribution < -0.4 is 11.1 Å². The van der Waals surface area contributed by atoms with Crippen LogP contribution in [-0.4, -0.2) is 42.2 Å². The van der Waals surface area contributed by atoms with Gasteiger partial charge in [-0.3, -0.25) is 4.79 Å². The minimum absolute atomic E-state index is 0.0439. The third-order valence-electron chi connectivity index (χ3n) is 1.09. The van der Waals surface area contributed by atoms with Gasteiger partial charge in [0, 0.05) is 12.3 Å². The zero-order valence-electron chi connectivity index (χ0n) is 6.54. The minimum atomic E-state index is -0.462.